The van der Waals surface area contributed by atoms with Crippen LogP contribution in [0.5, 0.6) is 0 Å². The Morgan fingerprint density at radius 1 is 1.34 bits per heavy atom. The van der Waals surface area contributed by atoms with Gasteiger partial charge in [0, 0.05) is 42.5 Å². The SMILES string of the molecule is CNC(=O)NC1CCCC(NC2=C(F)CN=C(c3c[nH]c4ncc(Cl)cc34)N2)C1. The lowest BCUT2D eigenvalue weighted by atomic mass is 9.91. The zero-order chi connectivity index (χ0) is 20.4. The third kappa shape index (κ3) is 4.29. The first kappa shape index (κ1) is 19.5. The average Bonchev–Trinajstić information content (AvgIpc) is 3.13. The van der Waals surface area contributed by atoms with Crippen LogP contribution in [0.15, 0.2) is 35.1 Å². The standard InChI is InChI=1S/C19H23ClFN7O/c1-22-19(29)27-12-4-2-3-11(6-12)26-18-15(21)9-25-17(28-18)14-8-24-16-13(14)5-10(20)7-23-16/h5,7-8,11-12,26H,2-4,6,9H2,1H3,(H,23,24)(H,25,28)(H2,22,27,29). The Morgan fingerprint density at radius 3 is 3.00 bits per heavy atom. The van der Waals surface area contributed by atoms with Crippen LogP contribution >= 0.6 is 11.6 Å². The summed E-state index contributed by atoms with van der Waals surface area (Å²) in [7, 11) is 1.59. The number of halogens is 2. The molecule has 2 amide bonds. The number of carbonyl (C=O) groups is 1. The fourth-order valence-corrected chi connectivity index (χ4v) is 3.97. The van der Waals surface area contributed by atoms with E-state index >= 15 is 0 Å². The Labute approximate surface area is 172 Å². The van der Waals surface area contributed by atoms with Crippen LogP contribution in [0.25, 0.3) is 11.0 Å². The number of pyridine rings is 1. The zero-order valence-corrected chi connectivity index (χ0v) is 16.7. The van der Waals surface area contributed by atoms with Gasteiger partial charge in [0.25, 0.3) is 0 Å². The van der Waals surface area contributed by atoms with Gasteiger partial charge < -0.3 is 26.3 Å². The lowest BCUT2D eigenvalue weighted by Gasteiger charge is -2.32. The van der Waals surface area contributed by atoms with Gasteiger partial charge in [0.1, 0.15) is 17.3 Å². The summed E-state index contributed by atoms with van der Waals surface area (Å²) in [6.07, 6.45) is 6.85. The molecular weight excluding hydrogens is 397 g/mol. The molecule has 8 nitrogen and oxygen atoms in total. The van der Waals surface area contributed by atoms with Crippen LogP contribution in [0.1, 0.15) is 31.2 Å². The van der Waals surface area contributed by atoms with E-state index in [-0.39, 0.29) is 30.5 Å². The van der Waals surface area contributed by atoms with Crippen LogP contribution < -0.4 is 21.3 Å². The molecule has 1 saturated carbocycles. The molecule has 0 aromatic carbocycles. The third-order valence-corrected chi connectivity index (χ3v) is 5.44. The number of aliphatic imine (C=N–C) groups is 1. The number of hydrogen-bond acceptors (Lipinski definition) is 5. The molecule has 0 radical (unpaired) electrons. The number of nitrogens with one attached hydrogen (secondary N) is 5. The number of aromatic amines is 1. The second kappa shape index (κ2) is 8.28. The van der Waals surface area contributed by atoms with E-state index in [0.29, 0.717) is 22.3 Å². The Kier molecular flexibility index (Phi) is 5.57. The van der Waals surface area contributed by atoms with Crippen LogP contribution in [0, 0.1) is 0 Å². The van der Waals surface area contributed by atoms with Gasteiger partial charge >= 0.3 is 6.03 Å². The number of carbonyl (C=O) groups excluding carboxylic acids is 1. The van der Waals surface area contributed by atoms with Gasteiger partial charge in [-0.2, -0.15) is 0 Å². The maximum absolute atomic E-state index is 14.5. The monoisotopic (exact) mass is 419 g/mol. The number of hydrogen-bond donors (Lipinski definition) is 5. The van der Waals surface area contributed by atoms with Gasteiger partial charge in [0.15, 0.2) is 5.83 Å². The summed E-state index contributed by atoms with van der Waals surface area (Å²) in [6.45, 7) is -0.0437. The van der Waals surface area contributed by atoms with Crippen LogP contribution in [0.2, 0.25) is 5.02 Å². The summed E-state index contributed by atoms with van der Waals surface area (Å²) in [4.78, 5) is 23.2. The quantitative estimate of drug-likeness (QED) is 0.525. The number of rotatable bonds is 4. The summed E-state index contributed by atoms with van der Waals surface area (Å²) in [6, 6.07) is 1.72. The molecule has 3 heterocycles. The first-order chi connectivity index (χ1) is 14.0. The van der Waals surface area contributed by atoms with Crippen molar-refractivity contribution in [3.8, 4) is 0 Å². The summed E-state index contributed by atoms with van der Waals surface area (Å²) >= 11 is 6.07. The molecule has 1 aliphatic carbocycles. The van der Waals surface area contributed by atoms with E-state index in [1.54, 1.807) is 25.5 Å². The molecule has 1 fully saturated rings. The van der Waals surface area contributed by atoms with Crippen LogP contribution in [0.3, 0.4) is 0 Å². The molecule has 1 aliphatic heterocycles. The second-order valence-corrected chi connectivity index (χ2v) is 7.69. The highest BCUT2D eigenvalue weighted by atomic mass is 35.5. The molecule has 2 aliphatic rings. The Morgan fingerprint density at radius 2 is 2.17 bits per heavy atom. The number of aromatic nitrogens is 2. The molecule has 2 aromatic heterocycles. The molecule has 0 bridgehead atoms. The van der Waals surface area contributed by atoms with E-state index in [0.717, 1.165) is 36.6 Å². The highest BCUT2D eigenvalue weighted by Crippen LogP contribution is 2.24. The average molecular weight is 420 g/mol. The number of urea groups is 1. The second-order valence-electron chi connectivity index (χ2n) is 7.25. The smallest absolute Gasteiger partial charge is 0.314 e. The summed E-state index contributed by atoms with van der Waals surface area (Å²) in [5.74, 6) is 0.538. The van der Waals surface area contributed by atoms with E-state index in [4.69, 9.17) is 11.6 Å². The highest BCUT2D eigenvalue weighted by Gasteiger charge is 2.26. The summed E-state index contributed by atoms with van der Waals surface area (Å²) < 4.78 is 14.5. The van der Waals surface area contributed by atoms with Crippen molar-refractivity contribution in [2.45, 2.75) is 37.8 Å². The van der Waals surface area contributed by atoms with Crippen molar-refractivity contribution < 1.29 is 9.18 Å². The van der Waals surface area contributed by atoms with E-state index in [9.17, 15) is 9.18 Å². The minimum absolute atomic E-state index is 0.0437. The number of fused-ring (bicyclic) bond motifs is 1. The predicted molar refractivity (Wildman–Crippen MR) is 111 cm³/mol. The largest absolute Gasteiger partial charge is 0.367 e. The Hall–Kier alpha value is -2.81. The minimum atomic E-state index is -0.342. The fraction of sp³-hybridized carbons (Fsp3) is 0.421. The fourth-order valence-electron chi connectivity index (χ4n) is 3.81. The highest BCUT2D eigenvalue weighted by molar-refractivity contribution is 6.31. The molecule has 4 rings (SSSR count). The lowest BCUT2D eigenvalue weighted by Crippen LogP contribution is -2.48. The van der Waals surface area contributed by atoms with Crippen LogP contribution in [0.4, 0.5) is 9.18 Å². The minimum Gasteiger partial charge on any atom is -0.367 e. The first-order valence-electron chi connectivity index (χ1n) is 9.61. The maximum atomic E-state index is 14.5. The van der Waals surface area contributed by atoms with Crippen molar-refractivity contribution in [3.05, 3.63) is 40.7 Å². The van der Waals surface area contributed by atoms with Crippen LogP contribution in [-0.2, 0) is 0 Å². The van der Waals surface area contributed by atoms with E-state index in [1.165, 1.54) is 0 Å². The van der Waals surface area contributed by atoms with Gasteiger partial charge in [-0.25, -0.2) is 14.2 Å². The van der Waals surface area contributed by atoms with Crippen molar-refractivity contribution in [2.75, 3.05) is 13.6 Å². The molecule has 5 N–H and O–H groups in total. The zero-order valence-electron chi connectivity index (χ0n) is 16.0. The number of nitrogens with zero attached hydrogens (tertiary/aromatic N) is 2. The van der Waals surface area contributed by atoms with Crippen molar-refractivity contribution >= 4 is 34.5 Å². The third-order valence-electron chi connectivity index (χ3n) is 5.23. The molecular formula is C19H23ClFN7O. The lowest BCUT2D eigenvalue weighted by molar-refractivity contribution is 0.231. The van der Waals surface area contributed by atoms with Gasteiger partial charge in [-0.1, -0.05) is 11.6 Å². The van der Waals surface area contributed by atoms with Crippen LogP contribution in [-0.4, -0.2) is 47.5 Å². The first-order valence-corrected chi connectivity index (χ1v) is 9.99. The van der Waals surface area contributed by atoms with Crippen molar-refractivity contribution in [3.63, 3.8) is 0 Å². The van der Waals surface area contributed by atoms with Gasteiger partial charge in [-0.05, 0) is 31.7 Å². The number of amidine groups is 1. The topological polar surface area (TPSA) is 106 Å². The molecule has 2 atom stereocenters. The molecule has 10 heteroatoms. The molecule has 2 unspecified atom stereocenters. The van der Waals surface area contributed by atoms with Gasteiger partial charge in [-0.15, -0.1) is 0 Å². The molecule has 154 valence electrons. The van der Waals surface area contributed by atoms with Crippen molar-refractivity contribution in [2.24, 2.45) is 4.99 Å². The molecule has 2 aromatic rings. The summed E-state index contributed by atoms with van der Waals surface area (Å²) in [5.41, 5.74) is 1.47. The van der Waals surface area contributed by atoms with E-state index < -0.39 is 0 Å². The van der Waals surface area contributed by atoms with Crippen molar-refractivity contribution in [1.29, 1.82) is 0 Å². The predicted octanol–water partition coefficient (Wildman–Crippen LogP) is 2.53. The number of H-pyrrole nitrogens is 1. The van der Waals surface area contributed by atoms with E-state index in [2.05, 4.69) is 36.2 Å². The maximum Gasteiger partial charge on any atom is 0.314 e. The van der Waals surface area contributed by atoms with Crippen molar-refractivity contribution in [1.82, 2.24) is 31.2 Å². The molecule has 29 heavy (non-hydrogen) atoms. The Bertz CT molecular complexity index is 986. The summed E-state index contributed by atoms with van der Waals surface area (Å²) in [5, 5.41) is 13.2. The van der Waals surface area contributed by atoms with Gasteiger partial charge in [0.05, 0.1) is 11.6 Å². The number of amides is 2. The molecule has 0 saturated heterocycles. The van der Waals surface area contributed by atoms with Gasteiger partial charge in [-0.3, -0.25) is 4.99 Å². The van der Waals surface area contributed by atoms with Gasteiger partial charge in [0.2, 0.25) is 0 Å². The Balaban J connectivity index is 1.46. The normalized spacial score (nSPS) is 22.1. The molecule has 0 spiro atoms. The van der Waals surface area contributed by atoms with E-state index in [1.807, 2.05) is 0 Å².